The van der Waals surface area contributed by atoms with Crippen molar-refractivity contribution in [3.63, 3.8) is 0 Å². The number of rotatable bonds is 9. The molecule has 0 aliphatic rings. The molecule has 8 nitrogen and oxygen atoms in total. The van der Waals surface area contributed by atoms with E-state index in [2.05, 4.69) is 26.0 Å². The van der Waals surface area contributed by atoms with E-state index in [9.17, 15) is 9.90 Å². The lowest BCUT2D eigenvalue weighted by Crippen LogP contribution is -2.39. The molecule has 1 amide bonds. The summed E-state index contributed by atoms with van der Waals surface area (Å²) >= 11 is 0. The molecule has 4 N–H and O–H groups in total. The molecule has 0 fully saturated rings. The van der Waals surface area contributed by atoms with Gasteiger partial charge in [0, 0.05) is 44.1 Å². The molecule has 0 saturated heterocycles. The first kappa shape index (κ1) is 25.3. The number of anilines is 1. The molecular formula is C23H29IN6O2. The molecule has 3 aromatic rings. The number of hydrogen-bond acceptors (Lipinski definition) is 4. The van der Waals surface area contributed by atoms with Crippen LogP contribution in [0.3, 0.4) is 0 Å². The molecule has 0 saturated carbocycles. The summed E-state index contributed by atoms with van der Waals surface area (Å²) in [6.45, 7) is 1.31. The molecule has 1 unspecified atom stereocenters. The Balaban J connectivity index is 0.00000363. The summed E-state index contributed by atoms with van der Waals surface area (Å²) < 4.78 is 1.57. The molecule has 170 valence electrons. The largest absolute Gasteiger partial charge is 0.396 e. The molecule has 9 heteroatoms. The lowest BCUT2D eigenvalue weighted by Gasteiger charge is -2.18. The molecule has 2 aromatic carbocycles. The number of nitrogens with zero attached hydrogens (tertiary/aromatic N) is 3. The second kappa shape index (κ2) is 13.5. The van der Waals surface area contributed by atoms with Crippen LogP contribution in [0, 0.1) is 0 Å². The average molecular weight is 548 g/mol. The minimum Gasteiger partial charge on any atom is -0.396 e. The summed E-state index contributed by atoms with van der Waals surface area (Å²) in [5.74, 6) is 0.484. The average Bonchev–Trinajstić information content (AvgIpc) is 3.30. The van der Waals surface area contributed by atoms with Crippen LogP contribution in [-0.4, -0.2) is 47.0 Å². The molecule has 1 atom stereocenters. The minimum absolute atomic E-state index is 0. The fourth-order valence-electron chi connectivity index (χ4n) is 3.14. The molecule has 3 rings (SSSR count). The van der Waals surface area contributed by atoms with Crippen LogP contribution in [-0.2, 0) is 17.9 Å². The normalized spacial score (nSPS) is 11.9. The number of aliphatic hydroxyl groups is 1. The molecule has 32 heavy (non-hydrogen) atoms. The van der Waals surface area contributed by atoms with Crippen molar-refractivity contribution in [3.8, 4) is 0 Å². The van der Waals surface area contributed by atoms with Gasteiger partial charge in [0.2, 0.25) is 5.91 Å². The number of guanidine groups is 1. The predicted octanol–water partition coefficient (Wildman–Crippen LogP) is 2.58. The van der Waals surface area contributed by atoms with E-state index in [0.29, 0.717) is 19.0 Å². The van der Waals surface area contributed by atoms with Gasteiger partial charge in [-0.15, -0.1) is 24.0 Å². The van der Waals surface area contributed by atoms with E-state index in [4.69, 9.17) is 0 Å². The zero-order valence-electron chi connectivity index (χ0n) is 17.9. The number of hydrogen-bond donors (Lipinski definition) is 4. The van der Waals surface area contributed by atoms with Gasteiger partial charge in [-0.1, -0.05) is 42.5 Å². The van der Waals surface area contributed by atoms with Crippen molar-refractivity contribution in [1.82, 2.24) is 20.4 Å². The summed E-state index contributed by atoms with van der Waals surface area (Å²) in [5.41, 5.74) is 2.80. The summed E-state index contributed by atoms with van der Waals surface area (Å²) in [6.07, 6.45) is 3.39. The van der Waals surface area contributed by atoms with Crippen LogP contribution in [0.25, 0.3) is 0 Å². The Labute approximate surface area is 205 Å². The first-order chi connectivity index (χ1) is 15.2. The number of aliphatic hydroxyl groups excluding tert-OH is 1. The van der Waals surface area contributed by atoms with Gasteiger partial charge in [0.25, 0.3) is 0 Å². The quantitative estimate of drug-likeness (QED) is 0.187. The highest BCUT2D eigenvalue weighted by atomic mass is 127. The summed E-state index contributed by atoms with van der Waals surface area (Å²) in [7, 11) is 1.71. The maximum absolute atomic E-state index is 12.2. The van der Waals surface area contributed by atoms with Crippen molar-refractivity contribution in [3.05, 3.63) is 84.2 Å². The number of carbonyl (C=O) groups is 1. The van der Waals surface area contributed by atoms with Gasteiger partial charge < -0.3 is 21.1 Å². The van der Waals surface area contributed by atoms with Crippen LogP contribution < -0.4 is 16.0 Å². The lowest BCUT2D eigenvalue weighted by atomic mass is 10.0. The number of aromatic nitrogens is 2. The first-order valence-corrected chi connectivity index (χ1v) is 10.1. The monoisotopic (exact) mass is 548 g/mol. The first-order valence-electron chi connectivity index (χ1n) is 10.1. The maximum atomic E-state index is 12.2. The Morgan fingerprint density at radius 2 is 1.94 bits per heavy atom. The Bertz CT molecular complexity index is 979. The van der Waals surface area contributed by atoms with Crippen LogP contribution in [0.15, 0.2) is 78.0 Å². The predicted molar refractivity (Wildman–Crippen MR) is 137 cm³/mol. The van der Waals surface area contributed by atoms with Gasteiger partial charge in [0.05, 0.1) is 6.61 Å². The molecule has 0 aliphatic heterocycles. The highest BCUT2D eigenvalue weighted by molar-refractivity contribution is 14.0. The Kier molecular flexibility index (Phi) is 10.7. The lowest BCUT2D eigenvalue weighted by molar-refractivity contribution is -0.116. The van der Waals surface area contributed by atoms with Crippen LogP contribution in [0.4, 0.5) is 5.69 Å². The van der Waals surface area contributed by atoms with Crippen molar-refractivity contribution in [1.29, 1.82) is 0 Å². The summed E-state index contributed by atoms with van der Waals surface area (Å²) in [5, 5.41) is 23.2. The third-order valence-electron chi connectivity index (χ3n) is 4.77. The second-order valence-electron chi connectivity index (χ2n) is 7.05. The third-order valence-corrected chi connectivity index (χ3v) is 4.77. The van der Waals surface area contributed by atoms with E-state index in [0.717, 1.165) is 16.8 Å². The number of aliphatic imine (C=N–C) groups is 1. The van der Waals surface area contributed by atoms with Crippen LogP contribution >= 0.6 is 24.0 Å². The van der Waals surface area contributed by atoms with Crippen molar-refractivity contribution < 1.29 is 9.90 Å². The van der Waals surface area contributed by atoms with Crippen molar-refractivity contribution >= 4 is 41.5 Å². The highest BCUT2D eigenvalue weighted by Gasteiger charge is 2.11. The molecule has 1 aromatic heterocycles. The zero-order chi connectivity index (χ0) is 21.9. The fraction of sp³-hybridized carbons (Fsp3) is 0.261. The number of nitrogens with one attached hydrogen (secondary N) is 3. The molecule has 0 radical (unpaired) electrons. The molecule has 0 bridgehead atoms. The topological polar surface area (TPSA) is 104 Å². The number of benzene rings is 2. The van der Waals surface area contributed by atoms with E-state index in [1.807, 2.05) is 54.6 Å². The van der Waals surface area contributed by atoms with E-state index >= 15 is 0 Å². The van der Waals surface area contributed by atoms with E-state index < -0.39 is 0 Å². The molecule has 0 aliphatic carbocycles. The van der Waals surface area contributed by atoms with Crippen molar-refractivity contribution in [2.24, 2.45) is 4.99 Å². The van der Waals surface area contributed by atoms with Crippen LogP contribution in [0.5, 0.6) is 0 Å². The maximum Gasteiger partial charge on any atom is 0.246 e. The van der Waals surface area contributed by atoms with E-state index in [1.165, 1.54) is 0 Å². The van der Waals surface area contributed by atoms with Crippen LogP contribution in [0.1, 0.15) is 17.0 Å². The van der Waals surface area contributed by atoms with Gasteiger partial charge in [-0.3, -0.25) is 14.5 Å². The number of halogens is 1. The van der Waals surface area contributed by atoms with Gasteiger partial charge in [0.15, 0.2) is 5.96 Å². The Morgan fingerprint density at radius 1 is 1.12 bits per heavy atom. The third kappa shape index (κ3) is 7.97. The molecule has 1 heterocycles. The van der Waals surface area contributed by atoms with Crippen molar-refractivity contribution in [2.45, 2.75) is 19.0 Å². The fourth-order valence-corrected chi connectivity index (χ4v) is 3.14. The highest BCUT2D eigenvalue weighted by Crippen LogP contribution is 2.14. The molecular weight excluding hydrogens is 519 g/mol. The number of carbonyl (C=O) groups excluding carboxylic acids is 1. The van der Waals surface area contributed by atoms with Crippen molar-refractivity contribution in [2.75, 3.05) is 25.5 Å². The second-order valence-corrected chi connectivity index (χ2v) is 7.05. The van der Waals surface area contributed by atoms with Gasteiger partial charge in [-0.25, -0.2) is 0 Å². The summed E-state index contributed by atoms with van der Waals surface area (Å²) in [6, 6.07) is 19.3. The Morgan fingerprint density at radius 3 is 2.62 bits per heavy atom. The standard InChI is InChI=1S/C23H28N6O2.HI/c1-24-23(26-15-20(17-30)19-8-3-2-4-9-19)25-14-18-7-5-10-21(13-18)28-22(31)16-29-12-6-11-27-29;/h2-13,20,30H,14-17H2,1H3,(H,28,31)(H2,24,25,26);1H. The van der Waals surface area contributed by atoms with Gasteiger partial charge >= 0.3 is 0 Å². The molecule has 0 spiro atoms. The Hall–Kier alpha value is -2.92. The SMILES string of the molecule is CN=C(NCc1cccc(NC(=O)Cn2cccn2)c1)NCC(CO)c1ccccc1.I. The number of amides is 1. The smallest absolute Gasteiger partial charge is 0.246 e. The van der Waals surface area contributed by atoms with Gasteiger partial charge in [-0.05, 0) is 29.3 Å². The van der Waals surface area contributed by atoms with Gasteiger partial charge in [0.1, 0.15) is 6.54 Å². The minimum atomic E-state index is -0.137. The summed E-state index contributed by atoms with van der Waals surface area (Å²) in [4.78, 5) is 16.4. The van der Waals surface area contributed by atoms with E-state index in [-0.39, 0.29) is 49.0 Å². The van der Waals surface area contributed by atoms with Gasteiger partial charge in [-0.2, -0.15) is 5.10 Å². The van der Waals surface area contributed by atoms with E-state index in [1.54, 1.807) is 30.2 Å². The van der Waals surface area contributed by atoms with Crippen LogP contribution in [0.2, 0.25) is 0 Å². The zero-order valence-corrected chi connectivity index (χ0v) is 20.3.